The van der Waals surface area contributed by atoms with Gasteiger partial charge in [0.25, 0.3) is 11.4 Å². The summed E-state index contributed by atoms with van der Waals surface area (Å²) in [6.07, 6.45) is -1.42. The number of hydroxylamine groups is 1. The molecule has 0 radical (unpaired) electrons. The minimum Gasteiger partial charge on any atom is -0.373 e. The van der Waals surface area contributed by atoms with Crippen LogP contribution in [0.1, 0.15) is 0 Å². The van der Waals surface area contributed by atoms with Gasteiger partial charge in [-0.1, -0.05) is 0 Å². The number of amides is 1. The van der Waals surface area contributed by atoms with Crippen LogP contribution in [-0.2, 0) is 9.53 Å². The van der Waals surface area contributed by atoms with Gasteiger partial charge in [0.05, 0.1) is 15.9 Å². The van der Waals surface area contributed by atoms with E-state index in [1.165, 1.54) is 0 Å². The number of nitrogens with one attached hydrogen (secondary N) is 2. The van der Waals surface area contributed by atoms with Crippen LogP contribution in [-0.4, -0.2) is 33.7 Å². The SMILES string of the molecule is O=C(CNc1ccc([N+](=O)[O-])cc1[N+](=O)[O-])OC(=O)NO. The predicted molar refractivity (Wildman–Crippen MR) is 64.7 cm³/mol. The molecule has 0 heterocycles. The molecule has 0 spiro atoms. The molecule has 112 valence electrons. The smallest absolute Gasteiger partial charge is 0.373 e. The van der Waals surface area contributed by atoms with E-state index in [1.807, 2.05) is 0 Å². The highest BCUT2D eigenvalue weighted by Crippen LogP contribution is 2.28. The quantitative estimate of drug-likeness (QED) is 0.230. The topological polar surface area (TPSA) is 174 Å². The van der Waals surface area contributed by atoms with Crippen molar-refractivity contribution in [1.82, 2.24) is 5.48 Å². The highest BCUT2D eigenvalue weighted by Gasteiger charge is 2.20. The zero-order valence-corrected chi connectivity index (χ0v) is 10.1. The molecule has 1 amide bonds. The first kappa shape index (κ1) is 15.8. The average molecular weight is 300 g/mol. The number of benzene rings is 1. The Morgan fingerprint density at radius 1 is 1.24 bits per heavy atom. The lowest BCUT2D eigenvalue weighted by molar-refractivity contribution is -0.393. The van der Waals surface area contributed by atoms with Gasteiger partial charge < -0.3 is 10.1 Å². The number of carbonyl (C=O) groups is 2. The predicted octanol–water partition coefficient (Wildman–Crippen LogP) is 0.557. The number of rotatable bonds is 5. The molecule has 3 N–H and O–H groups in total. The molecule has 0 bridgehead atoms. The van der Waals surface area contributed by atoms with E-state index in [-0.39, 0.29) is 5.69 Å². The molecule has 12 heteroatoms. The minimum atomic E-state index is -1.42. The van der Waals surface area contributed by atoms with Gasteiger partial charge in [-0.25, -0.2) is 15.1 Å². The summed E-state index contributed by atoms with van der Waals surface area (Å²) < 4.78 is 4.00. The van der Waals surface area contributed by atoms with Crippen LogP contribution in [0.3, 0.4) is 0 Å². The molecule has 21 heavy (non-hydrogen) atoms. The van der Waals surface area contributed by atoms with Gasteiger partial charge in [-0.05, 0) is 6.07 Å². The molecule has 1 aromatic carbocycles. The number of carbonyl (C=O) groups excluding carboxylic acids is 2. The fourth-order valence-corrected chi connectivity index (χ4v) is 1.26. The van der Waals surface area contributed by atoms with E-state index >= 15 is 0 Å². The van der Waals surface area contributed by atoms with Crippen molar-refractivity contribution >= 4 is 29.1 Å². The maximum atomic E-state index is 11.1. The molecule has 1 aromatic rings. The van der Waals surface area contributed by atoms with Crippen LogP contribution in [0, 0.1) is 20.2 Å². The molecule has 0 saturated carbocycles. The fraction of sp³-hybridized carbons (Fsp3) is 0.111. The zero-order valence-electron chi connectivity index (χ0n) is 10.1. The Morgan fingerprint density at radius 2 is 1.90 bits per heavy atom. The van der Waals surface area contributed by atoms with Crippen molar-refractivity contribution in [2.45, 2.75) is 0 Å². The Hall–Kier alpha value is -3.28. The second kappa shape index (κ2) is 6.76. The Balaban J connectivity index is 2.83. The van der Waals surface area contributed by atoms with Gasteiger partial charge in [0.1, 0.15) is 12.2 Å². The van der Waals surface area contributed by atoms with Crippen molar-refractivity contribution in [3.8, 4) is 0 Å². The number of non-ortho nitro benzene ring substituents is 1. The van der Waals surface area contributed by atoms with Gasteiger partial charge in [-0.15, -0.1) is 0 Å². The average Bonchev–Trinajstić information content (AvgIpc) is 2.44. The third-order valence-corrected chi connectivity index (χ3v) is 2.11. The number of hydrogen-bond acceptors (Lipinski definition) is 9. The molecule has 0 unspecified atom stereocenters. The lowest BCUT2D eigenvalue weighted by Gasteiger charge is -2.06. The highest BCUT2D eigenvalue weighted by molar-refractivity contribution is 5.87. The molecule has 1 rings (SSSR count). The first-order valence-corrected chi connectivity index (χ1v) is 5.16. The molecule has 0 saturated heterocycles. The summed E-state index contributed by atoms with van der Waals surface area (Å²) >= 11 is 0. The summed E-state index contributed by atoms with van der Waals surface area (Å²) in [5, 5.41) is 31.7. The minimum absolute atomic E-state index is 0.174. The molecular formula is C9H8N4O8. The van der Waals surface area contributed by atoms with Crippen LogP contribution in [0.5, 0.6) is 0 Å². The molecular weight excluding hydrogens is 292 g/mol. The summed E-state index contributed by atoms with van der Waals surface area (Å²) in [5.41, 5.74) is -0.236. The largest absolute Gasteiger partial charge is 0.438 e. The number of nitro benzene ring substituents is 2. The first-order chi connectivity index (χ1) is 9.85. The van der Waals surface area contributed by atoms with Crippen molar-refractivity contribution < 1.29 is 29.4 Å². The fourth-order valence-electron chi connectivity index (χ4n) is 1.26. The monoisotopic (exact) mass is 300 g/mol. The second-order valence-corrected chi connectivity index (χ2v) is 3.44. The third kappa shape index (κ3) is 4.39. The van der Waals surface area contributed by atoms with Gasteiger partial charge in [-0.3, -0.25) is 25.4 Å². The van der Waals surface area contributed by atoms with Gasteiger partial charge in [0, 0.05) is 6.07 Å². The number of anilines is 1. The summed E-state index contributed by atoms with van der Waals surface area (Å²) in [7, 11) is 0. The normalized spacial score (nSPS) is 9.57. The molecule has 0 aliphatic heterocycles. The van der Waals surface area contributed by atoms with Gasteiger partial charge in [0.2, 0.25) is 0 Å². The maximum Gasteiger partial charge on any atom is 0.438 e. The number of nitrogens with zero attached hydrogens (tertiary/aromatic N) is 2. The standard InChI is InChI=1S/C9H8N4O8/c14-8(21-9(15)11-16)4-10-6-2-1-5(12(17)18)3-7(6)13(19)20/h1-3,10,16H,4H2,(H,11,15). The van der Waals surface area contributed by atoms with Crippen molar-refractivity contribution in [1.29, 1.82) is 0 Å². The van der Waals surface area contributed by atoms with E-state index in [0.717, 1.165) is 17.6 Å². The Morgan fingerprint density at radius 3 is 2.43 bits per heavy atom. The van der Waals surface area contributed by atoms with Crippen molar-refractivity contribution in [3.05, 3.63) is 38.4 Å². The molecule has 12 nitrogen and oxygen atoms in total. The summed E-state index contributed by atoms with van der Waals surface area (Å²) in [6.45, 7) is -0.633. The number of esters is 1. The molecule has 0 aromatic heterocycles. The molecule has 0 fully saturated rings. The summed E-state index contributed by atoms with van der Waals surface area (Å²) in [4.78, 5) is 41.3. The van der Waals surface area contributed by atoms with E-state index in [4.69, 9.17) is 5.21 Å². The van der Waals surface area contributed by atoms with Gasteiger partial charge in [-0.2, -0.15) is 0 Å². The molecule has 0 aliphatic rings. The number of hydrogen-bond donors (Lipinski definition) is 3. The molecule has 0 atom stereocenters. The van der Waals surface area contributed by atoms with Crippen molar-refractivity contribution in [2.24, 2.45) is 0 Å². The summed E-state index contributed by atoms with van der Waals surface area (Å²) in [6, 6.07) is 2.75. The van der Waals surface area contributed by atoms with Gasteiger partial charge >= 0.3 is 12.1 Å². The van der Waals surface area contributed by atoms with Crippen LogP contribution in [0.25, 0.3) is 0 Å². The van der Waals surface area contributed by atoms with E-state index in [0.29, 0.717) is 6.07 Å². The van der Waals surface area contributed by atoms with E-state index < -0.39 is 39.8 Å². The van der Waals surface area contributed by atoms with Crippen LogP contribution in [0.15, 0.2) is 18.2 Å². The van der Waals surface area contributed by atoms with E-state index in [9.17, 15) is 29.8 Å². The first-order valence-electron chi connectivity index (χ1n) is 5.16. The van der Waals surface area contributed by atoms with Crippen LogP contribution < -0.4 is 10.8 Å². The van der Waals surface area contributed by atoms with Crippen LogP contribution in [0.2, 0.25) is 0 Å². The summed E-state index contributed by atoms with van der Waals surface area (Å²) in [5.74, 6) is -1.13. The van der Waals surface area contributed by atoms with Gasteiger partial charge in [0.15, 0.2) is 0 Å². The van der Waals surface area contributed by atoms with Crippen LogP contribution in [0.4, 0.5) is 21.9 Å². The van der Waals surface area contributed by atoms with E-state index in [1.54, 1.807) is 0 Å². The Kier molecular flexibility index (Phi) is 5.08. The zero-order chi connectivity index (χ0) is 16.0. The number of nitro groups is 2. The second-order valence-electron chi connectivity index (χ2n) is 3.44. The van der Waals surface area contributed by atoms with E-state index in [2.05, 4.69) is 10.1 Å². The van der Waals surface area contributed by atoms with Crippen LogP contribution >= 0.6 is 0 Å². The molecule has 0 aliphatic carbocycles. The highest BCUT2D eigenvalue weighted by atomic mass is 16.6. The third-order valence-electron chi connectivity index (χ3n) is 2.11. The Labute approximate surface area is 115 Å². The number of ether oxygens (including phenoxy) is 1. The van der Waals surface area contributed by atoms with Crippen molar-refractivity contribution in [2.75, 3.05) is 11.9 Å². The maximum absolute atomic E-state index is 11.1. The Bertz CT molecular complexity index is 601. The lowest BCUT2D eigenvalue weighted by atomic mass is 10.2. The lowest BCUT2D eigenvalue weighted by Crippen LogP contribution is -2.27. The van der Waals surface area contributed by atoms with Crippen molar-refractivity contribution in [3.63, 3.8) is 0 Å².